The number of hydrogen-bond donors (Lipinski definition) is 2. The van der Waals surface area contributed by atoms with Gasteiger partial charge < -0.3 is 5.73 Å². The van der Waals surface area contributed by atoms with Gasteiger partial charge in [-0.15, -0.1) is 5.10 Å². The zero-order valence-corrected chi connectivity index (χ0v) is 9.00. The van der Waals surface area contributed by atoms with E-state index in [2.05, 4.69) is 20.5 Å². The minimum atomic E-state index is -0.550. The first-order valence-electron chi connectivity index (χ1n) is 5.35. The maximum Gasteiger partial charge on any atom is 0.269 e. The standard InChI is InChI=1S/C11H11N5O/c12-11(17)10-7-3-1-2-6-4-13-5-14-8(6)9(7)15-16-10/h1-4,6,8,14H,5H2,(H2,12,17). The van der Waals surface area contributed by atoms with Gasteiger partial charge in [-0.05, 0) is 0 Å². The molecular weight excluding hydrogens is 218 g/mol. The third-order valence-electron chi connectivity index (χ3n) is 2.98. The number of allylic oxidation sites excluding steroid dienone is 2. The van der Waals surface area contributed by atoms with E-state index in [9.17, 15) is 4.79 Å². The first-order chi connectivity index (χ1) is 8.27. The molecule has 0 saturated heterocycles. The predicted molar refractivity (Wildman–Crippen MR) is 65.1 cm³/mol. The summed E-state index contributed by atoms with van der Waals surface area (Å²) in [5, 5.41) is 11.2. The van der Waals surface area contributed by atoms with Gasteiger partial charge in [0, 0.05) is 17.7 Å². The highest BCUT2D eigenvalue weighted by molar-refractivity contribution is 6.53. The fourth-order valence-electron chi connectivity index (χ4n) is 2.18. The Hall–Kier alpha value is -2.08. The number of primary amides is 1. The lowest BCUT2D eigenvalue weighted by Gasteiger charge is -2.25. The Morgan fingerprint density at radius 2 is 2.35 bits per heavy atom. The zero-order valence-electron chi connectivity index (χ0n) is 9.00. The average Bonchev–Trinajstić information content (AvgIpc) is 2.66. The molecule has 0 aromatic heterocycles. The zero-order chi connectivity index (χ0) is 11.8. The van der Waals surface area contributed by atoms with E-state index in [-0.39, 0.29) is 17.7 Å². The third kappa shape index (κ3) is 1.53. The fraction of sp³-hybridized carbons (Fsp3) is 0.273. The van der Waals surface area contributed by atoms with Crippen LogP contribution in [0.5, 0.6) is 0 Å². The Balaban J connectivity index is 2.00. The van der Waals surface area contributed by atoms with Crippen molar-refractivity contribution in [2.75, 3.05) is 6.67 Å². The highest BCUT2D eigenvalue weighted by atomic mass is 16.1. The van der Waals surface area contributed by atoms with Crippen LogP contribution in [-0.4, -0.2) is 36.3 Å². The minimum Gasteiger partial charge on any atom is -0.364 e. The first-order valence-corrected chi connectivity index (χ1v) is 5.35. The SMILES string of the molecule is NC(=O)C1=NN=C2C1=CC=CC1C=NCNC21. The number of fused-ring (bicyclic) bond motifs is 3. The van der Waals surface area contributed by atoms with Gasteiger partial charge in [-0.2, -0.15) is 5.10 Å². The van der Waals surface area contributed by atoms with Crippen LogP contribution in [0.2, 0.25) is 0 Å². The molecule has 1 amide bonds. The van der Waals surface area contributed by atoms with Gasteiger partial charge in [0.05, 0.1) is 18.4 Å². The quantitative estimate of drug-likeness (QED) is 0.628. The number of aliphatic imine (C=N–C) groups is 1. The molecule has 3 N–H and O–H groups in total. The van der Waals surface area contributed by atoms with Crippen LogP contribution in [-0.2, 0) is 4.79 Å². The summed E-state index contributed by atoms with van der Waals surface area (Å²) in [5.74, 6) is -0.412. The van der Waals surface area contributed by atoms with Crippen molar-refractivity contribution < 1.29 is 4.79 Å². The van der Waals surface area contributed by atoms with E-state index in [1.54, 1.807) is 0 Å². The van der Waals surface area contributed by atoms with Crippen LogP contribution in [0.4, 0.5) is 0 Å². The van der Waals surface area contributed by atoms with E-state index >= 15 is 0 Å². The molecule has 2 unspecified atom stereocenters. The predicted octanol–water partition coefficient (Wildman–Crippen LogP) is -0.605. The number of amides is 1. The number of carbonyl (C=O) groups is 1. The molecule has 1 aliphatic carbocycles. The monoisotopic (exact) mass is 229 g/mol. The van der Waals surface area contributed by atoms with Crippen LogP contribution < -0.4 is 11.1 Å². The van der Waals surface area contributed by atoms with Crippen molar-refractivity contribution in [1.29, 1.82) is 0 Å². The van der Waals surface area contributed by atoms with E-state index in [0.717, 1.165) is 5.71 Å². The molecule has 6 nitrogen and oxygen atoms in total. The van der Waals surface area contributed by atoms with Crippen LogP contribution in [0.3, 0.4) is 0 Å². The molecule has 0 fully saturated rings. The van der Waals surface area contributed by atoms with Gasteiger partial charge in [-0.1, -0.05) is 18.2 Å². The van der Waals surface area contributed by atoms with Crippen LogP contribution in [0.15, 0.2) is 39.0 Å². The first kappa shape index (κ1) is 10.1. The Morgan fingerprint density at radius 3 is 3.18 bits per heavy atom. The summed E-state index contributed by atoms with van der Waals surface area (Å²) in [5.41, 5.74) is 6.98. The Labute approximate surface area is 97.7 Å². The van der Waals surface area contributed by atoms with Crippen LogP contribution in [0.25, 0.3) is 0 Å². The molecular formula is C11H11N5O. The van der Waals surface area contributed by atoms with Crippen LogP contribution in [0.1, 0.15) is 0 Å². The molecule has 3 aliphatic rings. The van der Waals surface area contributed by atoms with Crippen molar-refractivity contribution in [2.45, 2.75) is 6.04 Å². The normalized spacial score (nSPS) is 29.8. The fourth-order valence-corrected chi connectivity index (χ4v) is 2.18. The van der Waals surface area contributed by atoms with E-state index in [1.807, 2.05) is 24.4 Å². The summed E-state index contributed by atoms with van der Waals surface area (Å²) in [6.45, 7) is 0.549. The van der Waals surface area contributed by atoms with Gasteiger partial charge in [0.25, 0.3) is 5.91 Å². The number of carbonyl (C=O) groups excluding carboxylic acids is 1. The Bertz CT molecular complexity index is 526. The molecule has 2 heterocycles. The van der Waals surface area contributed by atoms with Crippen molar-refractivity contribution in [3.8, 4) is 0 Å². The van der Waals surface area contributed by atoms with Gasteiger partial charge >= 0.3 is 0 Å². The highest BCUT2D eigenvalue weighted by Crippen LogP contribution is 2.22. The summed E-state index contributed by atoms with van der Waals surface area (Å²) in [6, 6.07) is 0.0121. The van der Waals surface area contributed by atoms with Gasteiger partial charge in [-0.3, -0.25) is 15.1 Å². The molecule has 86 valence electrons. The number of nitrogens with two attached hydrogens (primary N) is 1. The number of hydrogen-bond acceptors (Lipinski definition) is 5. The lowest BCUT2D eigenvalue weighted by molar-refractivity contribution is -0.111. The molecule has 3 rings (SSSR count). The second-order valence-corrected chi connectivity index (χ2v) is 4.01. The van der Waals surface area contributed by atoms with Crippen molar-refractivity contribution in [3.63, 3.8) is 0 Å². The maximum atomic E-state index is 11.2. The van der Waals surface area contributed by atoms with Crippen molar-refractivity contribution in [1.82, 2.24) is 5.32 Å². The lowest BCUT2D eigenvalue weighted by Crippen LogP contribution is -2.46. The minimum absolute atomic E-state index is 0.0121. The smallest absolute Gasteiger partial charge is 0.269 e. The molecule has 0 spiro atoms. The molecule has 2 atom stereocenters. The molecule has 6 heteroatoms. The van der Waals surface area contributed by atoms with E-state index in [1.165, 1.54) is 0 Å². The molecule has 0 saturated carbocycles. The molecule has 17 heavy (non-hydrogen) atoms. The van der Waals surface area contributed by atoms with Crippen LogP contribution >= 0.6 is 0 Å². The number of nitrogens with one attached hydrogen (secondary N) is 1. The molecule has 0 bridgehead atoms. The van der Waals surface area contributed by atoms with Gasteiger partial charge in [-0.25, -0.2) is 0 Å². The number of nitrogens with zero attached hydrogens (tertiary/aromatic N) is 3. The summed E-state index contributed by atoms with van der Waals surface area (Å²) in [7, 11) is 0. The summed E-state index contributed by atoms with van der Waals surface area (Å²) in [4.78, 5) is 15.4. The Kier molecular flexibility index (Phi) is 2.22. The Morgan fingerprint density at radius 1 is 1.47 bits per heavy atom. The summed E-state index contributed by atoms with van der Waals surface area (Å²) in [6.07, 6.45) is 7.62. The van der Waals surface area contributed by atoms with Crippen molar-refractivity contribution in [2.24, 2.45) is 26.8 Å². The molecule has 0 aromatic carbocycles. The van der Waals surface area contributed by atoms with Crippen molar-refractivity contribution in [3.05, 3.63) is 23.8 Å². The summed E-state index contributed by atoms with van der Waals surface area (Å²) >= 11 is 0. The third-order valence-corrected chi connectivity index (χ3v) is 2.98. The van der Waals surface area contributed by atoms with E-state index in [4.69, 9.17) is 5.73 Å². The summed E-state index contributed by atoms with van der Waals surface area (Å²) < 4.78 is 0. The van der Waals surface area contributed by atoms with Gasteiger partial charge in [0.2, 0.25) is 0 Å². The average molecular weight is 229 g/mol. The van der Waals surface area contributed by atoms with Gasteiger partial charge in [0.15, 0.2) is 5.71 Å². The lowest BCUT2D eigenvalue weighted by atomic mass is 9.92. The van der Waals surface area contributed by atoms with Crippen LogP contribution in [0, 0.1) is 5.92 Å². The number of rotatable bonds is 1. The molecule has 2 aliphatic heterocycles. The van der Waals surface area contributed by atoms with Crippen molar-refractivity contribution >= 4 is 23.5 Å². The van der Waals surface area contributed by atoms with Gasteiger partial charge in [0.1, 0.15) is 0 Å². The van der Waals surface area contributed by atoms with E-state index < -0.39 is 5.91 Å². The largest absolute Gasteiger partial charge is 0.364 e. The molecule has 0 radical (unpaired) electrons. The topological polar surface area (TPSA) is 92.2 Å². The second kappa shape index (κ2) is 3.74. The maximum absolute atomic E-state index is 11.2. The van der Waals surface area contributed by atoms with E-state index in [0.29, 0.717) is 12.2 Å². The second-order valence-electron chi connectivity index (χ2n) is 4.01. The molecule has 0 aromatic rings. The highest BCUT2D eigenvalue weighted by Gasteiger charge is 2.34.